The maximum atomic E-state index is 5.84. The third-order valence-electron chi connectivity index (χ3n) is 2.25. The highest BCUT2D eigenvalue weighted by molar-refractivity contribution is 9.10. The molecule has 0 unspecified atom stereocenters. The molecule has 0 amide bonds. The van der Waals surface area contributed by atoms with E-state index in [4.69, 9.17) is 5.73 Å². The van der Waals surface area contributed by atoms with Crippen molar-refractivity contribution in [1.29, 1.82) is 0 Å². The lowest BCUT2D eigenvalue weighted by molar-refractivity contribution is 0.877. The van der Waals surface area contributed by atoms with E-state index >= 15 is 0 Å². The molecule has 1 aromatic heterocycles. The van der Waals surface area contributed by atoms with Gasteiger partial charge in [0.05, 0.1) is 5.69 Å². The van der Waals surface area contributed by atoms with Crippen molar-refractivity contribution in [3.63, 3.8) is 0 Å². The molecule has 17 heavy (non-hydrogen) atoms. The lowest BCUT2D eigenvalue weighted by Gasteiger charge is -2.04. The molecule has 0 aliphatic rings. The summed E-state index contributed by atoms with van der Waals surface area (Å²) < 4.78 is 2.54. The molecule has 0 spiro atoms. The molecule has 2 rings (SSSR count). The Morgan fingerprint density at radius 2 is 2.18 bits per heavy atom. The Balaban J connectivity index is 2.33. The van der Waals surface area contributed by atoms with E-state index in [-0.39, 0.29) is 0 Å². The van der Waals surface area contributed by atoms with Gasteiger partial charge < -0.3 is 11.1 Å². The largest absolute Gasteiger partial charge is 0.368 e. The van der Waals surface area contributed by atoms with E-state index in [0.717, 1.165) is 23.1 Å². The minimum Gasteiger partial charge on any atom is -0.368 e. The van der Waals surface area contributed by atoms with E-state index in [9.17, 15) is 0 Å². The second-order valence-corrected chi connectivity index (χ2v) is 4.44. The van der Waals surface area contributed by atoms with Crippen LogP contribution in [0.2, 0.25) is 0 Å². The third kappa shape index (κ3) is 2.58. The molecule has 0 aliphatic carbocycles. The normalized spacial score (nSPS) is 10.5. The number of anilines is 2. The Bertz CT molecular complexity index is 508. The van der Waals surface area contributed by atoms with Crippen molar-refractivity contribution in [1.82, 2.24) is 14.8 Å². The summed E-state index contributed by atoms with van der Waals surface area (Å²) in [4.78, 5) is 4.16. The molecule has 0 fully saturated rings. The topological polar surface area (TPSA) is 68.8 Å². The van der Waals surface area contributed by atoms with Crippen LogP contribution in [0.1, 0.15) is 13.3 Å². The van der Waals surface area contributed by atoms with Crippen LogP contribution >= 0.6 is 15.9 Å². The smallest absolute Gasteiger partial charge is 0.244 e. The fourth-order valence-corrected chi connectivity index (χ4v) is 1.89. The molecule has 90 valence electrons. The minimum absolute atomic E-state index is 0.371. The number of para-hydroxylation sites is 1. The van der Waals surface area contributed by atoms with Gasteiger partial charge in [-0.1, -0.05) is 19.1 Å². The Morgan fingerprint density at radius 3 is 2.88 bits per heavy atom. The molecule has 0 atom stereocenters. The Morgan fingerprint density at radius 1 is 1.41 bits per heavy atom. The number of hydrogen-bond acceptors (Lipinski definition) is 4. The fourth-order valence-electron chi connectivity index (χ4n) is 1.44. The Labute approximate surface area is 108 Å². The quantitative estimate of drug-likeness (QED) is 0.909. The van der Waals surface area contributed by atoms with Crippen LogP contribution in [0.25, 0.3) is 5.69 Å². The van der Waals surface area contributed by atoms with Gasteiger partial charge in [-0.15, -0.1) is 5.10 Å². The van der Waals surface area contributed by atoms with Gasteiger partial charge in [0.2, 0.25) is 11.9 Å². The van der Waals surface area contributed by atoms with Gasteiger partial charge in [0.25, 0.3) is 0 Å². The number of halogens is 1. The Hall–Kier alpha value is -1.56. The molecule has 1 heterocycles. The number of benzene rings is 1. The molecule has 0 bridgehead atoms. The average molecular weight is 296 g/mol. The molecule has 5 nitrogen and oxygen atoms in total. The predicted octanol–water partition coefficient (Wildman–Crippen LogP) is 2.43. The zero-order chi connectivity index (χ0) is 12.3. The van der Waals surface area contributed by atoms with Crippen LogP contribution in [0.15, 0.2) is 28.7 Å². The van der Waals surface area contributed by atoms with E-state index in [1.807, 2.05) is 24.3 Å². The molecule has 0 radical (unpaired) electrons. The van der Waals surface area contributed by atoms with Gasteiger partial charge in [0.1, 0.15) is 0 Å². The van der Waals surface area contributed by atoms with E-state index in [2.05, 4.69) is 38.3 Å². The second kappa shape index (κ2) is 5.18. The lowest BCUT2D eigenvalue weighted by atomic mass is 10.3. The van der Waals surface area contributed by atoms with Crippen LogP contribution in [-0.4, -0.2) is 21.3 Å². The summed E-state index contributed by atoms with van der Waals surface area (Å²) >= 11 is 3.46. The van der Waals surface area contributed by atoms with Crippen molar-refractivity contribution >= 4 is 27.8 Å². The van der Waals surface area contributed by atoms with Gasteiger partial charge in [-0.2, -0.15) is 9.67 Å². The highest BCUT2D eigenvalue weighted by Gasteiger charge is 2.10. The van der Waals surface area contributed by atoms with Crippen molar-refractivity contribution in [3.8, 4) is 5.69 Å². The summed E-state index contributed by atoms with van der Waals surface area (Å²) in [5, 5.41) is 7.42. The van der Waals surface area contributed by atoms with E-state index in [1.165, 1.54) is 0 Å². The van der Waals surface area contributed by atoms with Gasteiger partial charge in [-0.05, 0) is 34.5 Å². The second-order valence-electron chi connectivity index (χ2n) is 3.58. The molecular formula is C11H14BrN5. The Kier molecular flexibility index (Phi) is 3.63. The first-order valence-electron chi connectivity index (χ1n) is 5.43. The molecule has 0 saturated heterocycles. The molecule has 0 aliphatic heterocycles. The highest BCUT2D eigenvalue weighted by atomic mass is 79.9. The third-order valence-corrected chi connectivity index (χ3v) is 2.92. The number of nitrogens with one attached hydrogen (secondary N) is 1. The fraction of sp³-hybridized carbons (Fsp3) is 0.273. The van der Waals surface area contributed by atoms with Crippen molar-refractivity contribution in [3.05, 3.63) is 28.7 Å². The van der Waals surface area contributed by atoms with Gasteiger partial charge in [0.15, 0.2) is 0 Å². The highest BCUT2D eigenvalue weighted by Crippen LogP contribution is 2.22. The number of nitrogens with two attached hydrogens (primary N) is 1. The number of nitrogens with zero attached hydrogens (tertiary/aromatic N) is 3. The number of rotatable bonds is 4. The van der Waals surface area contributed by atoms with Crippen LogP contribution in [0.4, 0.5) is 11.9 Å². The predicted molar refractivity (Wildman–Crippen MR) is 72.3 cm³/mol. The van der Waals surface area contributed by atoms with Gasteiger partial charge in [-0.3, -0.25) is 0 Å². The van der Waals surface area contributed by atoms with Gasteiger partial charge >= 0.3 is 0 Å². The molecule has 3 N–H and O–H groups in total. The number of aromatic nitrogens is 3. The van der Waals surface area contributed by atoms with Crippen LogP contribution in [0.3, 0.4) is 0 Å². The lowest BCUT2D eigenvalue weighted by Crippen LogP contribution is -2.04. The van der Waals surface area contributed by atoms with Crippen molar-refractivity contribution in [2.45, 2.75) is 13.3 Å². The zero-order valence-corrected chi connectivity index (χ0v) is 11.1. The summed E-state index contributed by atoms with van der Waals surface area (Å²) in [6.45, 7) is 2.92. The van der Waals surface area contributed by atoms with E-state index in [1.54, 1.807) is 4.68 Å². The maximum Gasteiger partial charge on any atom is 0.244 e. The summed E-state index contributed by atoms with van der Waals surface area (Å²) in [6, 6.07) is 7.74. The van der Waals surface area contributed by atoms with Crippen molar-refractivity contribution < 1.29 is 0 Å². The van der Waals surface area contributed by atoms with Gasteiger partial charge in [0, 0.05) is 11.0 Å². The van der Waals surface area contributed by atoms with Crippen LogP contribution in [-0.2, 0) is 0 Å². The van der Waals surface area contributed by atoms with E-state index in [0.29, 0.717) is 11.9 Å². The summed E-state index contributed by atoms with van der Waals surface area (Å²) in [6.07, 6.45) is 1.02. The average Bonchev–Trinajstić information content (AvgIpc) is 2.68. The summed E-state index contributed by atoms with van der Waals surface area (Å²) in [5.41, 5.74) is 6.72. The molecular weight excluding hydrogens is 282 g/mol. The monoisotopic (exact) mass is 295 g/mol. The first-order valence-corrected chi connectivity index (χ1v) is 6.23. The molecule has 2 aromatic rings. The first-order chi connectivity index (χ1) is 8.22. The molecule has 6 heteroatoms. The summed E-state index contributed by atoms with van der Waals surface area (Å²) in [7, 11) is 0. The van der Waals surface area contributed by atoms with Crippen LogP contribution in [0, 0.1) is 0 Å². The van der Waals surface area contributed by atoms with Crippen LogP contribution in [0.5, 0.6) is 0 Å². The number of hydrogen-bond donors (Lipinski definition) is 2. The molecule has 0 saturated carbocycles. The van der Waals surface area contributed by atoms with Crippen molar-refractivity contribution in [2.24, 2.45) is 0 Å². The SMILES string of the molecule is CCCNc1nc(N)n(-c2ccccc2Br)n1. The van der Waals surface area contributed by atoms with Crippen LogP contribution < -0.4 is 11.1 Å². The van der Waals surface area contributed by atoms with Crippen molar-refractivity contribution in [2.75, 3.05) is 17.6 Å². The maximum absolute atomic E-state index is 5.84. The standard InChI is InChI=1S/C11H14BrN5/c1-2-7-14-11-15-10(13)17(16-11)9-6-4-3-5-8(9)12/h3-6H,2,7H2,1H3,(H3,13,14,15,16). The molecule has 1 aromatic carbocycles. The number of nitrogen functional groups attached to an aromatic ring is 1. The van der Waals surface area contributed by atoms with E-state index < -0.39 is 0 Å². The minimum atomic E-state index is 0.371. The first kappa shape index (κ1) is 11.9. The summed E-state index contributed by atoms with van der Waals surface area (Å²) in [5.74, 6) is 0.926. The zero-order valence-electron chi connectivity index (χ0n) is 9.52. The van der Waals surface area contributed by atoms with Gasteiger partial charge in [-0.25, -0.2) is 0 Å².